The Morgan fingerprint density at radius 1 is 0.972 bits per heavy atom. The Hall–Kier alpha value is -3.34. The van der Waals surface area contributed by atoms with Crippen molar-refractivity contribution in [1.82, 2.24) is 9.21 Å². The normalized spacial score (nSPS) is 22.6. The quantitative estimate of drug-likeness (QED) is 0.558. The molecule has 2 atom stereocenters. The Labute approximate surface area is 208 Å². The number of piperidine rings is 1. The van der Waals surface area contributed by atoms with Crippen molar-refractivity contribution in [2.45, 2.75) is 23.2 Å². The van der Waals surface area contributed by atoms with Crippen LogP contribution in [0.25, 0.3) is 11.1 Å². The lowest BCUT2D eigenvalue weighted by Gasteiger charge is -2.44. The number of benzene rings is 3. The lowest BCUT2D eigenvalue weighted by Crippen LogP contribution is -2.63. The lowest BCUT2D eigenvalue weighted by molar-refractivity contribution is -0.134. The van der Waals surface area contributed by atoms with Crippen molar-refractivity contribution in [3.8, 4) is 11.1 Å². The van der Waals surface area contributed by atoms with Crippen LogP contribution in [-0.2, 0) is 14.8 Å². The topological polar surface area (TPSA) is 79.0 Å². The maximum absolute atomic E-state index is 15.7. The number of alkyl halides is 1. The van der Waals surface area contributed by atoms with Crippen LogP contribution in [0, 0.1) is 5.82 Å². The highest BCUT2D eigenvalue weighted by Gasteiger charge is 2.57. The second-order valence-corrected chi connectivity index (χ2v) is 10.6. The number of ether oxygens (including phenoxy) is 1. The average molecular weight is 514 g/mol. The van der Waals surface area contributed by atoms with Gasteiger partial charge in [0.25, 0.3) is 0 Å². The summed E-state index contributed by atoms with van der Waals surface area (Å²) in [6, 6.07) is 20.3. The number of para-hydroxylation sites is 1. The third-order valence-electron chi connectivity index (χ3n) is 6.62. The van der Waals surface area contributed by atoms with Gasteiger partial charge in [0.05, 0.1) is 23.7 Å². The van der Waals surface area contributed by atoms with E-state index in [-0.39, 0.29) is 43.4 Å². The van der Waals surface area contributed by atoms with Gasteiger partial charge in [0.1, 0.15) is 5.82 Å². The van der Waals surface area contributed by atoms with Gasteiger partial charge in [-0.2, -0.15) is 4.31 Å². The van der Waals surface area contributed by atoms with Gasteiger partial charge in [-0.1, -0.05) is 48.5 Å². The minimum absolute atomic E-state index is 0.00669. The number of carbonyl (C=O) groups excluding carboxylic acids is 1. The summed E-state index contributed by atoms with van der Waals surface area (Å²) in [7, 11) is -3.98. The number of urea groups is 1. The predicted molar refractivity (Wildman–Crippen MR) is 131 cm³/mol. The first-order chi connectivity index (χ1) is 17.3. The average Bonchev–Trinajstić information content (AvgIpc) is 3.33. The van der Waals surface area contributed by atoms with Gasteiger partial charge in [0, 0.05) is 25.1 Å². The molecule has 1 N–H and O–H groups in total. The maximum atomic E-state index is 15.7. The molecule has 188 valence electrons. The molecule has 0 bridgehead atoms. The number of likely N-dealkylation sites (tertiary alicyclic amines) is 1. The van der Waals surface area contributed by atoms with E-state index >= 15 is 4.39 Å². The zero-order valence-electron chi connectivity index (χ0n) is 19.3. The standard InChI is InChI=1S/C26H25F2N3O4S/c27-20-12-10-19(11-13-20)22-8-4-5-9-23(22)29-25(32)30-15-14-26(24(28)18-30)31(16-17-35-26)36(33,34)21-6-2-1-3-7-21/h1-13,24H,14-18H2,(H,29,32)/t24-,26-/m1/s1. The molecule has 7 nitrogen and oxygen atoms in total. The van der Waals surface area contributed by atoms with Gasteiger partial charge in [-0.15, -0.1) is 0 Å². The van der Waals surface area contributed by atoms with Crippen molar-refractivity contribution in [1.29, 1.82) is 0 Å². The summed E-state index contributed by atoms with van der Waals surface area (Å²) in [5.74, 6) is -0.367. The van der Waals surface area contributed by atoms with Gasteiger partial charge in [-0.3, -0.25) is 0 Å². The summed E-state index contributed by atoms with van der Waals surface area (Å²) >= 11 is 0. The number of sulfonamides is 1. The molecule has 10 heteroatoms. The number of carbonyl (C=O) groups is 1. The van der Waals surface area contributed by atoms with Crippen molar-refractivity contribution in [2.24, 2.45) is 0 Å². The predicted octanol–water partition coefficient (Wildman–Crippen LogP) is 4.49. The molecule has 1 spiro atoms. The highest BCUT2D eigenvalue weighted by atomic mass is 32.2. The van der Waals surface area contributed by atoms with E-state index in [2.05, 4.69) is 5.32 Å². The number of rotatable bonds is 4. The molecular weight excluding hydrogens is 488 g/mol. The number of nitrogens with one attached hydrogen (secondary N) is 1. The molecule has 5 rings (SSSR count). The fourth-order valence-corrected chi connectivity index (χ4v) is 6.52. The highest BCUT2D eigenvalue weighted by molar-refractivity contribution is 7.89. The van der Waals surface area contributed by atoms with E-state index in [4.69, 9.17) is 4.74 Å². The van der Waals surface area contributed by atoms with E-state index in [9.17, 15) is 17.6 Å². The number of nitrogens with zero attached hydrogens (tertiary/aromatic N) is 2. The molecule has 2 aliphatic rings. The van der Waals surface area contributed by atoms with Crippen molar-refractivity contribution < 1.29 is 26.7 Å². The highest BCUT2D eigenvalue weighted by Crippen LogP contribution is 2.40. The van der Waals surface area contributed by atoms with Crippen LogP contribution in [0.1, 0.15) is 6.42 Å². The summed E-state index contributed by atoms with van der Waals surface area (Å²) in [5, 5.41) is 2.81. The summed E-state index contributed by atoms with van der Waals surface area (Å²) in [6.07, 6.45) is -1.75. The van der Waals surface area contributed by atoms with Crippen molar-refractivity contribution >= 4 is 21.7 Å². The van der Waals surface area contributed by atoms with Gasteiger partial charge in [-0.05, 0) is 35.9 Å². The van der Waals surface area contributed by atoms with Crippen LogP contribution in [0.3, 0.4) is 0 Å². The molecule has 3 aromatic carbocycles. The molecule has 0 aliphatic carbocycles. The van der Waals surface area contributed by atoms with E-state index in [0.717, 1.165) is 9.87 Å². The molecule has 2 amide bonds. The van der Waals surface area contributed by atoms with Crippen molar-refractivity contribution in [3.63, 3.8) is 0 Å². The Balaban J connectivity index is 1.33. The zero-order valence-corrected chi connectivity index (χ0v) is 20.1. The minimum Gasteiger partial charge on any atom is -0.355 e. The van der Waals surface area contributed by atoms with E-state index in [1.807, 2.05) is 0 Å². The van der Waals surface area contributed by atoms with E-state index in [1.54, 1.807) is 54.6 Å². The van der Waals surface area contributed by atoms with Crippen LogP contribution < -0.4 is 5.32 Å². The molecule has 36 heavy (non-hydrogen) atoms. The second kappa shape index (κ2) is 9.61. The Kier molecular flexibility index (Phi) is 6.50. The van der Waals surface area contributed by atoms with Gasteiger partial charge in [0.15, 0.2) is 11.9 Å². The number of halogens is 2. The maximum Gasteiger partial charge on any atom is 0.321 e. The molecule has 0 unspecified atom stereocenters. The largest absolute Gasteiger partial charge is 0.355 e. The summed E-state index contributed by atoms with van der Waals surface area (Å²) in [4.78, 5) is 14.5. The first-order valence-electron chi connectivity index (χ1n) is 11.6. The number of hydrogen-bond acceptors (Lipinski definition) is 4. The van der Waals surface area contributed by atoms with Crippen LogP contribution >= 0.6 is 0 Å². The van der Waals surface area contributed by atoms with Crippen molar-refractivity contribution in [2.75, 3.05) is 31.6 Å². The van der Waals surface area contributed by atoms with Crippen LogP contribution in [-0.4, -0.2) is 61.8 Å². The van der Waals surface area contributed by atoms with Crippen LogP contribution in [0.5, 0.6) is 0 Å². The van der Waals surface area contributed by atoms with Gasteiger partial charge >= 0.3 is 6.03 Å². The third kappa shape index (κ3) is 4.36. The third-order valence-corrected chi connectivity index (χ3v) is 8.56. The number of amides is 2. The monoisotopic (exact) mass is 513 g/mol. The summed E-state index contributed by atoms with van der Waals surface area (Å²) in [5.41, 5.74) is 0.247. The molecule has 2 heterocycles. The van der Waals surface area contributed by atoms with Crippen LogP contribution in [0.15, 0.2) is 83.8 Å². The van der Waals surface area contributed by atoms with E-state index in [0.29, 0.717) is 11.3 Å². The van der Waals surface area contributed by atoms with Crippen LogP contribution in [0.2, 0.25) is 0 Å². The Morgan fingerprint density at radius 2 is 1.67 bits per heavy atom. The molecule has 0 radical (unpaired) electrons. The first kappa shape index (κ1) is 24.4. The second-order valence-electron chi connectivity index (χ2n) is 8.73. The molecule has 2 saturated heterocycles. The number of anilines is 1. The number of hydrogen-bond donors (Lipinski definition) is 1. The molecule has 0 aromatic heterocycles. The lowest BCUT2D eigenvalue weighted by atomic mass is 9.99. The molecule has 2 aliphatic heterocycles. The van der Waals surface area contributed by atoms with Crippen molar-refractivity contribution in [3.05, 3.63) is 84.7 Å². The van der Waals surface area contributed by atoms with E-state index < -0.39 is 28.0 Å². The summed E-state index contributed by atoms with van der Waals surface area (Å²) in [6.45, 7) is -0.115. The van der Waals surface area contributed by atoms with Gasteiger partial charge in [0.2, 0.25) is 10.0 Å². The fraction of sp³-hybridized carbons (Fsp3) is 0.269. The molecule has 3 aromatic rings. The van der Waals surface area contributed by atoms with Gasteiger partial charge < -0.3 is 15.0 Å². The minimum atomic E-state index is -3.98. The SMILES string of the molecule is O=C(Nc1ccccc1-c1ccc(F)cc1)N1CC[C@@]2(OCCN2S(=O)(=O)c2ccccc2)[C@H](F)C1. The fourth-order valence-electron chi connectivity index (χ4n) is 4.78. The summed E-state index contributed by atoms with van der Waals surface area (Å²) < 4.78 is 62.4. The Bertz CT molecular complexity index is 1360. The first-order valence-corrected chi connectivity index (χ1v) is 13.0. The molecule has 0 saturated carbocycles. The smallest absolute Gasteiger partial charge is 0.321 e. The molecule has 2 fully saturated rings. The van der Waals surface area contributed by atoms with E-state index in [1.165, 1.54) is 29.2 Å². The zero-order chi connectivity index (χ0) is 25.3. The van der Waals surface area contributed by atoms with Crippen LogP contribution in [0.4, 0.5) is 19.3 Å². The Morgan fingerprint density at radius 3 is 2.39 bits per heavy atom. The molecular formula is C26H25F2N3O4S. The van der Waals surface area contributed by atoms with Gasteiger partial charge in [-0.25, -0.2) is 22.0 Å².